The number of hydrogen-bond donors (Lipinski definition) is 1. The van der Waals surface area contributed by atoms with Gasteiger partial charge >= 0.3 is 0 Å². The zero-order valence-corrected chi connectivity index (χ0v) is 19.9. The molecule has 2 aromatic carbocycles. The van der Waals surface area contributed by atoms with Gasteiger partial charge in [-0.3, -0.25) is 24.2 Å². The van der Waals surface area contributed by atoms with Crippen LogP contribution in [0.4, 0.5) is 4.39 Å². The summed E-state index contributed by atoms with van der Waals surface area (Å²) in [6, 6.07) is 11.0. The fourth-order valence-corrected chi connectivity index (χ4v) is 5.43. The third kappa shape index (κ3) is 3.22. The molecule has 0 atom stereocenters. The van der Waals surface area contributed by atoms with Gasteiger partial charge in [0, 0.05) is 38.0 Å². The van der Waals surface area contributed by atoms with E-state index in [0.717, 1.165) is 22.0 Å². The third-order valence-electron chi connectivity index (χ3n) is 8.04. The fraction of sp³-hybridized carbons (Fsp3) is 0.407. The molecule has 0 radical (unpaired) electrons. The van der Waals surface area contributed by atoms with Crippen molar-refractivity contribution < 1.29 is 19.1 Å². The van der Waals surface area contributed by atoms with Crippen molar-refractivity contribution in [2.75, 3.05) is 19.6 Å². The lowest BCUT2D eigenvalue weighted by molar-refractivity contribution is -0.149. The molecule has 7 rings (SSSR count). The number of rotatable bonds is 5. The molecule has 9 heteroatoms. The maximum Gasteiger partial charge on any atom is 0.256 e. The Labute approximate surface area is 207 Å². The molecule has 3 fully saturated rings. The van der Waals surface area contributed by atoms with Crippen LogP contribution in [0.15, 0.2) is 47.6 Å². The summed E-state index contributed by atoms with van der Waals surface area (Å²) in [6.07, 6.45) is 4.18. The van der Waals surface area contributed by atoms with Gasteiger partial charge in [0.15, 0.2) is 0 Å². The van der Waals surface area contributed by atoms with Crippen LogP contribution in [0.3, 0.4) is 0 Å². The van der Waals surface area contributed by atoms with Crippen LogP contribution in [0.1, 0.15) is 31.2 Å². The highest BCUT2D eigenvalue weighted by Gasteiger charge is 2.58. The summed E-state index contributed by atoms with van der Waals surface area (Å²) in [5, 5.41) is 15.3. The molecule has 1 spiro atoms. The van der Waals surface area contributed by atoms with E-state index in [4.69, 9.17) is 4.99 Å². The third-order valence-corrected chi connectivity index (χ3v) is 8.04. The molecule has 0 unspecified atom stereocenters. The first-order valence-electron chi connectivity index (χ1n) is 12.4. The predicted octanol–water partition coefficient (Wildman–Crippen LogP) is 2.48. The molecule has 8 nitrogen and oxygen atoms in total. The lowest BCUT2D eigenvalue weighted by Gasteiger charge is -2.42. The highest BCUT2D eigenvalue weighted by molar-refractivity contribution is 6.16. The normalized spacial score (nSPS) is 21.8. The first-order valence-corrected chi connectivity index (χ1v) is 12.4. The van der Waals surface area contributed by atoms with E-state index in [9.17, 15) is 14.7 Å². The molecule has 2 amide bonds. The van der Waals surface area contributed by atoms with Crippen LogP contribution in [0.25, 0.3) is 22.0 Å². The minimum absolute atomic E-state index is 0.0754. The lowest BCUT2D eigenvalue weighted by atomic mass is 9.97. The summed E-state index contributed by atoms with van der Waals surface area (Å²) in [4.78, 5) is 33.5. The van der Waals surface area contributed by atoms with Gasteiger partial charge in [-0.1, -0.05) is 12.1 Å². The van der Waals surface area contributed by atoms with Crippen LogP contribution in [0, 0.1) is 11.7 Å². The molecule has 4 aliphatic rings. The molecule has 1 saturated heterocycles. The number of carbonyl (C=O) groups excluding carboxylic acids is 2. The van der Waals surface area contributed by atoms with Gasteiger partial charge in [0.2, 0.25) is 0 Å². The zero-order chi connectivity index (χ0) is 24.8. The summed E-state index contributed by atoms with van der Waals surface area (Å²) in [7, 11) is 1.88. The molecule has 2 aliphatic carbocycles. The first kappa shape index (κ1) is 21.7. The number of fused-ring (bicyclic) bond motifs is 1. The van der Waals surface area contributed by atoms with Gasteiger partial charge in [0.1, 0.15) is 22.8 Å². The molecule has 36 heavy (non-hydrogen) atoms. The van der Waals surface area contributed by atoms with E-state index in [2.05, 4.69) is 5.10 Å². The summed E-state index contributed by atoms with van der Waals surface area (Å²) in [5.41, 5.74) is 1.03. The number of aromatic nitrogens is 2. The number of carbonyl (C=O) groups is 2. The maximum absolute atomic E-state index is 15.5. The molecule has 1 N–H and O–H groups in total. The minimum Gasteiger partial charge on any atom is -0.380 e. The van der Waals surface area contributed by atoms with Crippen LogP contribution < -0.4 is 0 Å². The van der Waals surface area contributed by atoms with Gasteiger partial charge < -0.3 is 10.0 Å². The number of likely N-dealkylation sites (tertiary alicyclic amines) is 1. The Hall–Kier alpha value is -3.59. The van der Waals surface area contributed by atoms with Crippen molar-refractivity contribution in [2.45, 2.75) is 36.8 Å². The SMILES string of the molecule is Cn1ncc2cc(-c3ccc(C4=NC5(CC5)C(=O)N4CC4CN(C(=O)C5(O)CC5)C4)c(F)c3)ccc21. The summed E-state index contributed by atoms with van der Waals surface area (Å²) >= 11 is 0. The van der Waals surface area contributed by atoms with Crippen LogP contribution >= 0.6 is 0 Å². The van der Waals surface area contributed by atoms with Gasteiger partial charge in [-0.05, 0) is 61.1 Å². The first-order chi connectivity index (χ1) is 17.3. The van der Waals surface area contributed by atoms with Crippen LogP contribution in [-0.2, 0) is 16.6 Å². The summed E-state index contributed by atoms with van der Waals surface area (Å²) in [6.45, 7) is 1.37. The number of aliphatic hydroxyl groups is 1. The van der Waals surface area contributed by atoms with Crippen molar-refractivity contribution in [1.29, 1.82) is 0 Å². The molecule has 0 bridgehead atoms. The number of amides is 2. The number of hydrogen-bond acceptors (Lipinski definition) is 5. The van der Waals surface area contributed by atoms with E-state index >= 15 is 4.39 Å². The zero-order valence-electron chi connectivity index (χ0n) is 19.9. The van der Waals surface area contributed by atoms with Gasteiger partial charge in [-0.15, -0.1) is 0 Å². The van der Waals surface area contributed by atoms with E-state index in [1.807, 2.05) is 31.3 Å². The van der Waals surface area contributed by atoms with Crippen molar-refractivity contribution in [2.24, 2.45) is 18.0 Å². The van der Waals surface area contributed by atoms with Gasteiger partial charge in [-0.2, -0.15) is 5.10 Å². The number of aliphatic imine (C=N–C) groups is 1. The smallest absolute Gasteiger partial charge is 0.256 e. The molecule has 2 saturated carbocycles. The number of halogens is 1. The average molecular weight is 488 g/mol. The molecule has 2 aliphatic heterocycles. The monoisotopic (exact) mass is 487 g/mol. The van der Waals surface area contributed by atoms with Crippen molar-refractivity contribution in [3.8, 4) is 11.1 Å². The van der Waals surface area contributed by atoms with Gasteiger partial charge in [0.25, 0.3) is 11.8 Å². The highest BCUT2D eigenvalue weighted by atomic mass is 19.1. The topological polar surface area (TPSA) is 91.0 Å². The van der Waals surface area contributed by atoms with Crippen LogP contribution in [0.5, 0.6) is 0 Å². The van der Waals surface area contributed by atoms with Gasteiger partial charge in [0.05, 0.1) is 17.3 Å². The van der Waals surface area contributed by atoms with Gasteiger partial charge in [-0.25, -0.2) is 4.39 Å². The predicted molar refractivity (Wildman–Crippen MR) is 131 cm³/mol. The van der Waals surface area contributed by atoms with Crippen molar-refractivity contribution >= 4 is 28.6 Å². The lowest BCUT2D eigenvalue weighted by Crippen LogP contribution is -2.57. The Morgan fingerprint density at radius 2 is 1.83 bits per heavy atom. The number of amidine groups is 1. The molecule has 1 aromatic heterocycles. The second-order valence-corrected chi connectivity index (χ2v) is 10.7. The van der Waals surface area contributed by atoms with E-state index in [0.29, 0.717) is 56.7 Å². The van der Waals surface area contributed by atoms with Crippen LogP contribution in [-0.4, -0.2) is 73.1 Å². The second kappa shape index (κ2) is 7.22. The van der Waals surface area contributed by atoms with E-state index in [1.165, 1.54) is 6.07 Å². The Bertz CT molecular complexity index is 1480. The largest absolute Gasteiger partial charge is 0.380 e. The van der Waals surface area contributed by atoms with Crippen molar-refractivity contribution in [3.63, 3.8) is 0 Å². The van der Waals surface area contributed by atoms with Crippen LogP contribution in [0.2, 0.25) is 0 Å². The summed E-state index contributed by atoms with van der Waals surface area (Å²) in [5.74, 6) is -0.254. The summed E-state index contributed by atoms with van der Waals surface area (Å²) < 4.78 is 17.3. The number of benzene rings is 2. The Kier molecular flexibility index (Phi) is 4.35. The molecule has 3 heterocycles. The van der Waals surface area contributed by atoms with Crippen molar-refractivity contribution in [3.05, 3.63) is 54.0 Å². The van der Waals surface area contributed by atoms with E-state index in [1.54, 1.807) is 26.7 Å². The maximum atomic E-state index is 15.5. The highest BCUT2D eigenvalue weighted by Crippen LogP contribution is 2.47. The fourth-order valence-electron chi connectivity index (χ4n) is 5.43. The molecular formula is C27H26FN5O3. The Balaban J connectivity index is 1.13. The number of aryl methyl sites for hydroxylation is 1. The number of nitrogens with zero attached hydrogens (tertiary/aromatic N) is 5. The average Bonchev–Trinajstić information content (AvgIpc) is 3.74. The quantitative estimate of drug-likeness (QED) is 0.599. The minimum atomic E-state index is -1.18. The Morgan fingerprint density at radius 3 is 2.53 bits per heavy atom. The molecule has 3 aromatic rings. The molecular weight excluding hydrogens is 461 g/mol. The standard InChI is InChI=1S/C27H26FN5O3/c1-31-22-5-3-17(10-19(22)12-29-31)18-2-4-20(21(28)11-18)23-30-26(6-7-26)24(34)33(23)15-16-13-32(14-16)25(35)27(36)8-9-27/h2-5,10-12,16,36H,6-9,13-15H2,1H3. The Morgan fingerprint density at radius 1 is 1.11 bits per heavy atom. The van der Waals surface area contributed by atoms with E-state index < -0.39 is 17.0 Å². The van der Waals surface area contributed by atoms with Crippen molar-refractivity contribution in [1.82, 2.24) is 19.6 Å². The van der Waals surface area contributed by atoms with E-state index in [-0.39, 0.29) is 17.7 Å². The second-order valence-electron chi connectivity index (χ2n) is 10.7. The molecule has 184 valence electrons.